The van der Waals surface area contributed by atoms with Crippen LogP contribution in [0.2, 0.25) is 0 Å². The van der Waals surface area contributed by atoms with E-state index in [9.17, 15) is 15.0 Å². The Kier molecular flexibility index (Phi) is 6.31. The molecule has 5 nitrogen and oxygen atoms in total. The molecule has 35 heavy (non-hydrogen) atoms. The lowest BCUT2D eigenvalue weighted by Crippen LogP contribution is -2.58. The molecule has 5 rings (SSSR count). The molecule has 4 aliphatic carbocycles. The van der Waals surface area contributed by atoms with Crippen LogP contribution in [-0.4, -0.2) is 46.8 Å². The van der Waals surface area contributed by atoms with E-state index < -0.39 is 12.2 Å². The van der Waals surface area contributed by atoms with Crippen molar-refractivity contribution in [1.82, 2.24) is 0 Å². The Morgan fingerprint density at radius 2 is 1.89 bits per heavy atom. The number of hydrogen-bond donors (Lipinski definition) is 2. The average molecular weight is 486 g/mol. The normalized spacial score (nSPS) is 50.2. The monoisotopic (exact) mass is 485 g/mol. The molecule has 5 aliphatic rings. The predicted molar refractivity (Wildman–Crippen MR) is 138 cm³/mol. The average Bonchev–Trinajstić information content (AvgIpc) is 2.97. The van der Waals surface area contributed by atoms with Crippen molar-refractivity contribution < 1.29 is 19.7 Å². The van der Waals surface area contributed by atoms with E-state index in [1.807, 2.05) is 0 Å². The molecule has 3 saturated carbocycles. The fraction of sp³-hybridized carbons (Fsp3) is 0.867. The first-order chi connectivity index (χ1) is 16.4. The first-order valence-electron chi connectivity index (χ1n) is 14.2. The lowest BCUT2D eigenvalue weighted by molar-refractivity contribution is -0.161. The Bertz CT molecular complexity index is 927. The summed E-state index contributed by atoms with van der Waals surface area (Å²) in [6, 6.07) is 0. The number of fused-ring (bicyclic) bond motifs is 5. The van der Waals surface area contributed by atoms with Crippen LogP contribution in [0.3, 0.4) is 0 Å². The number of rotatable bonds is 3. The molecular formula is C30H47NO4. The fourth-order valence-corrected chi connectivity index (χ4v) is 9.73. The standard InChI is InChI=1S/C30H47NO4/c1-17-7-10-24(31-16-17)18(2)25-26(35-19(3)32)27(34)30(6)23-9-8-20-15-21(33)11-13-28(20,4)22(23)12-14-29(25,30)5/h8,17-18,21-23,25-27,33-34H,7,9-16H2,1-6H3/t17-,18-,21+,22+,23-,25+,26+,27-,28+,29-,30-/m1/s1. The van der Waals surface area contributed by atoms with Crippen molar-refractivity contribution in [2.24, 2.45) is 50.8 Å². The number of carbonyl (C=O) groups is 1. The molecule has 0 saturated heterocycles. The number of esters is 1. The first-order valence-corrected chi connectivity index (χ1v) is 14.2. The van der Waals surface area contributed by atoms with Crippen LogP contribution in [0.15, 0.2) is 16.6 Å². The van der Waals surface area contributed by atoms with Gasteiger partial charge in [-0.15, -0.1) is 0 Å². The number of carbonyl (C=O) groups excluding carboxylic acids is 1. The van der Waals surface area contributed by atoms with Crippen LogP contribution in [0.4, 0.5) is 0 Å². The second-order valence-corrected chi connectivity index (χ2v) is 13.5. The van der Waals surface area contributed by atoms with E-state index in [1.54, 1.807) is 0 Å². The van der Waals surface area contributed by atoms with Crippen LogP contribution in [0, 0.1) is 45.8 Å². The van der Waals surface area contributed by atoms with Gasteiger partial charge in [0.1, 0.15) is 6.10 Å². The molecule has 5 heteroatoms. The topological polar surface area (TPSA) is 79.1 Å². The number of ether oxygens (including phenoxy) is 1. The van der Waals surface area contributed by atoms with Gasteiger partial charge < -0.3 is 14.9 Å². The zero-order chi connectivity index (χ0) is 25.3. The summed E-state index contributed by atoms with van der Waals surface area (Å²) in [6.45, 7) is 14.0. The summed E-state index contributed by atoms with van der Waals surface area (Å²) in [5.41, 5.74) is 2.29. The number of aliphatic imine (C=N–C) groups is 1. The maximum atomic E-state index is 12.3. The van der Waals surface area contributed by atoms with E-state index in [2.05, 4.69) is 40.7 Å². The summed E-state index contributed by atoms with van der Waals surface area (Å²) in [5.74, 6) is 1.39. The van der Waals surface area contributed by atoms with Crippen LogP contribution in [0.25, 0.3) is 0 Å². The van der Waals surface area contributed by atoms with Gasteiger partial charge >= 0.3 is 5.97 Å². The minimum Gasteiger partial charge on any atom is -0.459 e. The van der Waals surface area contributed by atoms with Gasteiger partial charge in [0.25, 0.3) is 0 Å². The molecule has 3 fully saturated rings. The molecule has 1 aliphatic heterocycles. The highest BCUT2D eigenvalue weighted by atomic mass is 16.6. The molecular weight excluding hydrogens is 438 g/mol. The van der Waals surface area contributed by atoms with Crippen molar-refractivity contribution in [3.63, 3.8) is 0 Å². The summed E-state index contributed by atoms with van der Waals surface area (Å²) < 4.78 is 6.02. The van der Waals surface area contributed by atoms with E-state index >= 15 is 0 Å². The molecule has 2 N–H and O–H groups in total. The molecule has 0 bridgehead atoms. The van der Waals surface area contributed by atoms with Crippen molar-refractivity contribution in [2.75, 3.05) is 6.54 Å². The molecule has 0 radical (unpaired) electrons. The zero-order valence-electron chi connectivity index (χ0n) is 22.7. The molecule has 0 aromatic heterocycles. The molecule has 0 aromatic carbocycles. The highest BCUT2D eigenvalue weighted by Gasteiger charge is 2.72. The van der Waals surface area contributed by atoms with Gasteiger partial charge in [0.15, 0.2) is 0 Å². The van der Waals surface area contributed by atoms with Crippen molar-refractivity contribution in [2.45, 2.75) is 111 Å². The number of nitrogens with zero attached hydrogens (tertiary/aromatic N) is 1. The summed E-state index contributed by atoms with van der Waals surface area (Å²) >= 11 is 0. The Balaban J connectivity index is 1.56. The zero-order valence-corrected chi connectivity index (χ0v) is 22.7. The predicted octanol–water partition coefficient (Wildman–Crippen LogP) is 5.34. The van der Waals surface area contributed by atoms with Crippen LogP contribution in [-0.2, 0) is 9.53 Å². The minimum absolute atomic E-state index is 0.0610. The van der Waals surface area contributed by atoms with Crippen LogP contribution < -0.4 is 0 Å². The largest absolute Gasteiger partial charge is 0.459 e. The van der Waals surface area contributed by atoms with E-state index in [4.69, 9.17) is 9.73 Å². The Hall–Kier alpha value is -1.20. The third kappa shape index (κ3) is 3.61. The summed E-state index contributed by atoms with van der Waals surface area (Å²) in [5, 5.41) is 22.5. The van der Waals surface area contributed by atoms with E-state index in [-0.39, 0.29) is 40.2 Å². The number of hydrogen-bond acceptors (Lipinski definition) is 5. The maximum Gasteiger partial charge on any atom is 0.303 e. The molecule has 11 atom stereocenters. The van der Waals surface area contributed by atoms with Crippen LogP contribution in [0.1, 0.15) is 92.9 Å². The van der Waals surface area contributed by atoms with Crippen LogP contribution in [0.5, 0.6) is 0 Å². The summed E-state index contributed by atoms with van der Waals surface area (Å²) in [7, 11) is 0. The first kappa shape index (κ1) is 25.4. The summed E-state index contributed by atoms with van der Waals surface area (Å²) in [4.78, 5) is 17.3. The number of aliphatic hydroxyl groups is 2. The molecule has 0 amide bonds. The quantitative estimate of drug-likeness (QED) is 0.418. The van der Waals surface area contributed by atoms with Crippen molar-refractivity contribution in [1.29, 1.82) is 0 Å². The van der Waals surface area contributed by atoms with E-state index in [0.29, 0.717) is 17.8 Å². The Morgan fingerprint density at radius 1 is 1.14 bits per heavy atom. The van der Waals surface area contributed by atoms with Gasteiger partial charge in [-0.1, -0.05) is 46.3 Å². The highest BCUT2D eigenvalue weighted by Crippen LogP contribution is 2.73. The van der Waals surface area contributed by atoms with Crippen molar-refractivity contribution in [3.05, 3.63) is 11.6 Å². The molecule has 0 spiro atoms. The smallest absolute Gasteiger partial charge is 0.303 e. The SMILES string of the molecule is CC(=O)O[C@H]1[C@H]([C@H](C)C2=NC[C@H](C)CC2)[C@@]2(C)CC[C@H]3[C@@H](CC=C4C[C@@H](O)CC[C@@]43C)[C@]2(C)[C@@H]1O. The van der Waals surface area contributed by atoms with E-state index in [0.717, 1.165) is 57.9 Å². The lowest BCUT2D eigenvalue weighted by atomic mass is 9.42. The van der Waals surface area contributed by atoms with Gasteiger partial charge in [-0.3, -0.25) is 9.79 Å². The van der Waals surface area contributed by atoms with Gasteiger partial charge in [0, 0.05) is 36.4 Å². The third-order valence-electron chi connectivity index (χ3n) is 12.0. The Labute approximate surface area is 211 Å². The second kappa shape index (κ2) is 8.68. The third-order valence-corrected chi connectivity index (χ3v) is 12.0. The summed E-state index contributed by atoms with van der Waals surface area (Å²) in [6.07, 6.45) is 8.95. The van der Waals surface area contributed by atoms with E-state index in [1.165, 1.54) is 18.2 Å². The maximum absolute atomic E-state index is 12.3. The van der Waals surface area contributed by atoms with Crippen molar-refractivity contribution in [3.8, 4) is 0 Å². The molecule has 196 valence electrons. The molecule has 1 heterocycles. The number of aliphatic hydroxyl groups excluding tert-OH is 2. The Morgan fingerprint density at radius 3 is 2.54 bits per heavy atom. The fourth-order valence-electron chi connectivity index (χ4n) is 9.73. The van der Waals surface area contributed by atoms with Gasteiger partial charge in [0.2, 0.25) is 0 Å². The highest BCUT2D eigenvalue weighted by molar-refractivity contribution is 5.87. The number of allylic oxidation sites excluding steroid dienone is 1. The second-order valence-electron chi connectivity index (χ2n) is 13.5. The molecule has 0 unspecified atom stereocenters. The van der Waals surface area contributed by atoms with Gasteiger partial charge in [0.05, 0.1) is 12.2 Å². The lowest BCUT2D eigenvalue weighted by Gasteiger charge is -2.63. The van der Waals surface area contributed by atoms with Crippen LogP contribution >= 0.6 is 0 Å². The molecule has 0 aromatic rings. The minimum atomic E-state index is -0.688. The van der Waals surface area contributed by atoms with Crippen molar-refractivity contribution >= 4 is 11.7 Å². The van der Waals surface area contributed by atoms with Gasteiger partial charge in [-0.05, 0) is 80.0 Å². The van der Waals surface area contributed by atoms with Gasteiger partial charge in [-0.2, -0.15) is 0 Å². The van der Waals surface area contributed by atoms with Gasteiger partial charge in [-0.25, -0.2) is 0 Å².